The van der Waals surface area contributed by atoms with Crippen molar-refractivity contribution in [2.24, 2.45) is 0 Å². The number of halogens is 1. The standard InChI is InChI=1S/C25H21FN4O6/c1-33-22-17-12-29-30(21(17)27-14-28-22)23-19(26)20(36-25(32)16-10-6-3-7-11-16)18(35-23)13-34-24(31)15-8-4-2-5-9-15/h2-12,14,18-20,23H,13H2,1H3/t18-,19+,20-,23+/m1/s1. The molecule has 0 spiro atoms. The highest BCUT2D eigenvalue weighted by Gasteiger charge is 2.50. The minimum atomic E-state index is -1.85. The average molecular weight is 492 g/mol. The molecule has 1 aliphatic rings. The third-order valence-electron chi connectivity index (χ3n) is 5.70. The fourth-order valence-corrected chi connectivity index (χ4v) is 3.94. The van der Waals surface area contributed by atoms with Gasteiger partial charge >= 0.3 is 11.9 Å². The fraction of sp³-hybridized carbons (Fsp3) is 0.240. The molecule has 36 heavy (non-hydrogen) atoms. The van der Waals surface area contributed by atoms with E-state index < -0.39 is 36.5 Å². The molecule has 184 valence electrons. The van der Waals surface area contributed by atoms with Gasteiger partial charge in [0.25, 0.3) is 0 Å². The van der Waals surface area contributed by atoms with Crippen molar-refractivity contribution in [2.75, 3.05) is 13.7 Å². The van der Waals surface area contributed by atoms with E-state index in [2.05, 4.69) is 15.1 Å². The third kappa shape index (κ3) is 4.48. The Morgan fingerprint density at radius 2 is 1.67 bits per heavy atom. The lowest BCUT2D eigenvalue weighted by atomic mass is 10.1. The Bertz CT molecular complexity index is 1370. The maximum atomic E-state index is 15.8. The van der Waals surface area contributed by atoms with Crippen LogP contribution in [0.2, 0.25) is 0 Å². The molecule has 11 heteroatoms. The highest BCUT2D eigenvalue weighted by Crippen LogP contribution is 2.36. The van der Waals surface area contributed by atoms with Gasteiger partial charge in [-0.25, -0.2) is 28.6 Å². The summed E-state index contributed by atoms with van der Waals surface area (Å²) in [6.07, 6.45) is -2.95. The number of alkyl halides is 1. The monoisotopic (exact) mass is 492 g/mol. The van der Waals surface area contributed by atoms with Gasteiger partial charge in [-0.05, 0) is 24.3 Å². The Morgan fingerprint density at radius 3 is 2.33 bits per heavy atom. The number of fused-ring (bicyclic) bond motifs is 1. The summed E-state index contributed by atoms with van der Waals surface area (Å²) in [5, 5.41) is 4.66. The molecule has 0 saturated carbocycles. The van der Waals surface area contributed by atoms with E-state index in [0.29, 0.717) is 10.9 Å². The number of ether oxygens (including phenoxy) is 4. The fourth-order valence-electron chi connectivity index (χ4n) is 3.94. The molecule has 0 aliphatic carbocycles. The van der Waals surface area contributed by atoms with Gasteiger partial charge in [0.15, 0.2) is 24.2 Å². The van der Waals surface area contributed by atoms with Gasteiger partial charge in [-0.2, -0.15) is 5.10 Å². The van der Waals surface area contributed by atoms with Crippen molar-refractivity contribution in [3.63, 3.8) is 0 Å². The van der Waals surface area contributed by atoms with Gasteiger partial charge in [-0.3, -0.25) is 0 Å². The summed E-state index contributed by atoms with van der Waals surface area (Å²) in [6, 6.07) is 16.5. The zero-order valence-electron chi connectivity index (χ0n) is 19.1. The maximum absolute atomic E-state index is 15.8. The zero-order chi connectivity index (χ0) is 25.1. The van der Waals surface area contributed by atoms with Crippen molar-refractivity contribution in [3.05, 3.63) is 84.3 Å². The van der Waals surface area contributed by atoms with Crippen LogP contribution in [-0.2, 0) is 14.2 Å². The van der Waals surface area contributed by atoms with E-state index in [1.165, 1.54) is 24.3 Å². The van der Waals surface area contributed by atoms with Crippen LogP contribution in [0.1, 0.15) is 26.9 Å². The van der Waals surface area contributed by atoms with Crippen LogP contribution in [0, 0.1) is 0 Å². The van der Waals surface area contributed by atoms with Crippen LogP contribution in [0.25, 0.3) is 11.0 Å². The molecule has 5 rings (SSSR count). The summed E-state index contributed by atoms with van der Waals surface area (Å²) in [4.78, 5) is 33.4. The van der Waals surface area contributed by atoms with Crippen LogP contribution in [0.5, 0.6) is 5.88 Å². The van der Waals surface area contributed by atoms with Gasteiger partial charge < -0.3 is 18.9 Å². The topological polar surface area (TPSA) is 115 Å². The number of benzene rings is 2. The Labute approximate surface area is 204 Å². The van der Waals surface area contributed by atoms with Crippen LogP contribution in [0.15, 0.2) is 73.2 Å². The van der Waals surface area contributed by atoms with E-state index in [0.717, 1.165) is 0 Å². The van der Waals surface area contributed by atoms with Crippen molar-refractivity contribution >= 4 is 23.0 Å². The Hall–Kier alpha value is -4.38. The molecule has 4 atom stereocenters. The molecule has 2 aromatic heterocycles. The molecule has 0 N–H and O–H groups in total. The van der Waals surface area contributed by atoms with Crippen molar-refractivity contribution in [3.8, 4) is 5.88 Å². The van der Waals surface area contributed by atoms with E-state index in [1.54, 1.807) is 60.7 Å². The molecule has 10 nitrogen and oxygen atoms in total. The molecule has 1 fully saturated rings. The van der Waals surface area contributed by atoms with Crippen molar-refractivity contribution in [2.45, 2.75) is 24.6 Å². The van der Waals surface area contributed by atoms with Crippen LogP contribution in [-0.4, -0.2) is 63.8 Å². The predicted octanol–water partition coefficient (Wildman–Crippen LogP) is 3.15. The average Bonchev–Trinajstić information content (AvgIpc) is 3.49. The first kappa shape index (κ1) is 23.4. The van der Waals surface area contributed by atoms with Gasteiger partial charge in [0.05, 0.1) is 24.4 Å². The molecule has 1 saturated heterocycles. The molecule has 1 aliphatic heterocycles. The Kier molecular flexibility index (Phi) is 6.54. The second-order valence-electron chi connectivity index (χ2n) is 7.92. The SMILES string of the molecule is COc1ncnc2c1cnn2[C@H]1O[C@H](COC(=O)c2ccccc2)[C@@H](OC(=O)c2ccccc2)[C@@H]1F. The molecule has 0 unspecified atom stereocenters. The van der Waals surface area contributed by atoms with Crippen molar-refractivity contribution < 1.29 is 32.9 Å². The number of esters is 2. The number of aromatic nitrogens is 4. The summed E-state index contributed by atoms with van der Waals surface area (Å²) in [5.41, 5.74) is 0.836. The van der Waals surface area contributed by atoms with Crippen LogP contribution >= 0.6 is 0 Å². The van der Waals surface area contributed by atoms with E-state index in [-0.39, 0.29) is 23.7 Å². The number of nitrogens with zero attached hydrogens (tertiary/aromatic N) is 4. The number of hydrogen-bond acceptors (Lipinski definition) is 9. The predicted molar refractivity (Wildman–Crippen MR) is 123 cm³/mol. The minimum absolute atomic E-state index is 0.246. The molecular formula is C25H21FN4O6. The van der Waals surface area contributed by atoms with Crippen LogP contribution in [0.3, 0.4) is 0 Å². The van der Waals surface area contributed by atoms with Gasteiger partial charge in [-0.1, -0.05) is 36.4 Å². The van der Waals surface area contributed by atoms with Crippen molar-refractivity contribution in [1.29, 1.82) is 0 Å². The highest BCUT2D eigenvalue weighted by atomic mass is 19.1. The van der Waals surface area contributed by atoms with E-state index >= 15 is 4.39 Å². The summed E-state index contributed by atoms with van der Waals surface area (Å²) < 4.78 is 39.1. The summed E-state index contributed by atoms with van der Waals surface area (Å²) >= 11 is 0. The van der Waals surface area contributed by atoms with Gasteiger partial charge in [0, 0.05) is 0 Å². The van der Waals surface area contributed by atoms with E-state index in [1.807, 2.05) is 0 Å². The Balaban J connectivity index is 1.41. The second-order valence-corrected chi connectivity index (χ2v) is 7.92. The van der Waals surface area contributed by atoms with Gasteiger partial charge in [0.2, 0.25) is 5.88 Å². The second kappa shape index (κ2) is 10.1. The largest absolute Gasteiger partial charge is 0.480 e. The first-order valence-corrected chi connectivity index (χ1v) is 11.1. The molecule has 0 radical (unpaired) electrons. The summed E-state index contributed by atoms with van der Waals surface area (Å²) in [5.74, 6) is -1.09. The first-order valence-electron chi connectivity index (χ1n) is 11.1. The Morgan fingerprint density at radius 1 is 1.00 bits per heavy atom. The maximum Gasteiger partial charge on any atom is 0.338 e. The molecule has 0 bridgehead atoms. The summed E-state index contributed by atoms with van der Waals surface area (Å²) in [7, 11) is 1.44. The smallest absolute Gasteiger partial charge is 0.338 e. The number of rotatable bonds is 7. The molecule has 3 heterocycles. The van der Waals surface area contributed by atoms with Crippen LogP contribution < -0.4 is 4.74 Å². The molecule has 0 amide bonds. The van der Waals surface area contributed by atoms with Gasteiger partial charge in [0.1, 0.15) is 24.4 Å². The zero-order valence-corrected chi connectivity index (χ0v) is 19.1. The van der Waals surface area contributed by atoms with E-state index in [4.69, 9.17) is 18.9 Å². The lowest BCUT2D eigenvalue weighted by molar-refractivity contribution is -0.0601. The minimum Gasteiger partial charge on any atom is -0.480 e. The van der Waals surface area contributed by atoms with E-state index in [9.17, 15) is 9.59 Å². The highest BCUT2D eigenvalue weighted by molar-refractivity contribution is 5.90. The quantitative estimate of drug-likeness (QED) is 0.359. The number of hydrogen-bond donors (Lipinski definition) is 0. The number of methoxy groups -OCH3 is 1. The third-order valence-corrected chi connectivity index (χ3v) is 5.70. The first-order chi connectivity index (χ1) is 17.6. The van der Waals surface area contributed by atoms with Gasteiger partial charge in [-0.15, -0.1) is 0 Å². The lowest BCUT2D eigenvalue weighted by Gasteiger charge is -2.19. The molecule has 2 aromatic carbocycles. The molecular weight excluding hydrogens is 471 g/mol. The van der Waals surface area contributed by atoms with Crippen molar-refractivity contribution in [1.82, 2.24) is 19.7 Å². The lowest BCUT2D eigenvalue weighted by Crippen LogP contribution is -2.37. The number of carbonyl (C=O) groups is 2. The molecule has 4 aromatic rings. The van der Waals surface area contributed by atoms with Crippen LogP contribution in [0.4, 0.5) is 4.39 Å². The summed E-state index contributed by atoms with van der Waals surface area (Å²) in [6.45, 7) is -0.352. The normalized spacial score (nSPS) is 21.3. The number of carbonyl (C=O) groups excluding carboxylic acids is 2.